The van der Waals surface area contributed by atoms with Crippen LogP contribution in [0.15, 0.2) is 29.7 Å². The predicted molar refractivity (Wildman–Crippen MR) is 64.9 cm³/mol. The molecule has 0 amide bonds. The van der Waals surface area contributed by atoms with Crippen LogP contribution in [0.5, 0.6) is 0 Å². The maximum Gasteiger partial charge on any atom is 0.191 e. The first-order valence-corrected chi connectivity index (χ1v) is 6.13. The molecule has 1 heterocycles. The molecular weight excluding hydrogens is 239 g/mol. The molecule has 0 radical (unpaired) electrons. The van der Waals surface area contributed by atoms with Crippen LogP contribution in [0.4, 0.5) is 4.39 Å². The van der Waals surface area contributed by atoms with Crippen LogP contribution >= 0.6 is 11.8 Å². The van der Waals surface area contributed by atoms with Crippen LogP contribution < -0.4 is 5.73 Å². The molecule has 2 rings (SSSR count). The molecule has 2 N–H and O–H groups in total. The van der Waals surface area contributed by atoms with Crippen molar-refractivity contribution >= 4 is 11.8 Å². The van der Waals surface area contributed by atoms with E-state index >= 15 is 0 Å². The van der Waals surface area contributed by atoms with Crippen LogP contribution in [0.1, 0.15) is 11.1 Å². The second-order valence-corrected chi connectivity index (χ2v) is 4.57. The van der Waals surface area contributed by atoms with Gasteiger partial charge in [-0.2, -0.15) is 0 Å². The molecule has 4 nitrogen and oxygen atoms in total. The number of nitrogens with two attached hydrogens (primary N) is 1. The Kier molecular flexibility index (Phi) is 3.75. The molecule has 0 fully saturated rings. The van der Waals surface area contributed by atoms with Crippen LogP contribution in [0.25, 0.3) is 0 Å². The number of hydrogen-bond donors (Lipinski definition) is 1. The van der Waals surface area contributed by atoms with E-state index in [1.165, 1.54) is 23.9 Å². The third-order valence-electron chi connectivity index (χ3n) is 2.41. The van der Waals surface area contributed by atoms with Crippen molar-refractivity contribution in [1.82, 2.24) is 14.8 Å². The molecule has 0 unspecified atom stereocenters. The van der Waals surface area contributed by atoms with Gasteiger partial charge in [-0.15, -0.1) is 10.2 Å². The van der Waals surface area contributed by atoms with Gasteiger partial charge in [-0.05, 0) is 23.3 Å². The average Bonchev–Trinajstić information content (AvgIpc) is 2.72. The zero-order chi connectivity index (χ0) is 12.3. The van der Waals surface area contributed by atoms with Gasteiger partial charge in [0.05, 0.1) is 0 Å². The minimum Gasteiger partial charge on any atom is -0.326 e. The molecule has 0 aliphatic carbocycles. The second-order valence-electron chi connectivity index (χ2n) is 3.63. The molecule has 2 aromatic rings. The minimum absolute atomic E-state index is 0.240. The summed E-state index contributed by atoms with van der Waals surface area (Å²) in [7, 11) is 1.87. The molecule has 0 saturated heterocycles. The van der Waals surface area contributed by atoms with Gasteiger partial charge in [0.25, 0.3) is 0 Å². The van der Waals surface area contributed by atoms with E-state index in [1.807, 2.05) is 11.6 Å². The lowest BCUT2D eigenvalue weighted by atomic mass is 10.1. The van der Waals surface area contributed by atoms with Gasteiger partial charge in [-0.1, -0.05) is 17.8 Å². The smallest absolute Gasteiger partial charge is 0.191 e. The van der Waals surface area contributed by atoms with Crippen LogP contribution in [0, 0.1) is 5.82 Å². The number of thioether (sulfide) groups is 1. The first-order valence-electron chi connectivity index (χ1n) is 5.15. The molecule has 0 atom stereocenters. The monoisotopic (exact) mass is 252 g/mol. The fourth-order valence-electron chi connectivity index (χ4n) is 1.47. The minimum atomic E-state index is -0.240. The Morgan fingerprint density at radius 3 is 2.88 bits per heavy atom. The largest absolute Gasteiger partial charge is 0.326 e. The molecule has 0 aliphatic rings. The number of nitrogens with zero attached hydrogens (tertiary/aromatic N) is 3. The van der Waals surface area contributed by atoms with Crippen molar-refractivity contribution in [1.29, 1.82) is 0 Å². The molecule has 0 bridgehead atoms. The summed E-state index contributed by atoms with van der Waals surface area (Å²) in [4.78, 5) is 0. The van der Waals surface area contributed by atoms with Gasteiger partial charge in [0.15, 0.2) is 5.16 Å². The molecule has 6 heteroatoms. The molecule has 1 aromatic carbocycles. The maximum absolute atomic E-state index is 13.1. The summed E-state index contributed by atoms with van der Waals surface area (Å²) in [5, 5.41) is 8.55. The highest BCUT2D eigenvalue weighted by Crippen LogP contribution is 2.22. The molecule has 1 aromatic heterocycles. The van der Waals surface area contributed by atoms with Crippen molar-refractivity contribution in [3.8, 4) is 0 Å². The normalized spacial score (nSPS) is 10.8. The Hall–Kier alpha value is -1.40. The second kappa shape index (κ2) is 5.29. The summed E-state index contributed by atoms with van der Waals surface area (Å²) in [6.45, 7) is 0.412. The third-order valence-corrected chi connectivity index (χ3v) is 3.50. The van der Waals surface area contributed by atoms with Crippen LogP contribution in [-0.4, -0.2) is 14.8 Å². The van der Waals surface area contributed by atoms with Gasteiger partial charge in [0.2, 0.25) is 0 Å². The summed E-state index contributed by atoms with van der Waals surface area (Å²) in [5.74, 6) is 0.396. The van der Waals surface area contributed by atoms with E-state index in [0.29, 0.717) is 12.3 Å². The van der Waals surface area contributed by atoms with E-state index in [4.69, 9.17) is 5.73 Å². The lowest BCUT2D eigenvalue weighted by molar-refractivity contribution is 0.625. The van der Waals surface area contributed by atoms with Crippen molar-refractivity contribution in [3.05, 3.63) is 41.5 Å². The summed E-state index contributed by atoms with van der Waals surface area (Å²) in [6, 6.07) is 4.67. The number of rotatable bonds is 4. The summed E-state index contributed by atoms with van der Waals surface area (Å²) < 4.78 is 15.0. The van der Waals surface area contributed by atoms with Gasteiger partial charge >= 0.3 is 0 Å². The van der Waals surface area contributed by atoms with Gasteiger partial charge in [-0.3, -0.25) is 0 Å². The van der Waals surface area contributed by atoms with Crippen molar-refractivity contribution in [2.45, 2.75) is 17.5 Å². The van der Waals surface area contributed by atoms with Gasteiger partial charge < -0.3 is 10.3 Å². The molecule has 0 aliphatic heterocycles. The van der Waals surface area contributed by atoms with Crippen LogP contribution in [0.2, 0.25) is 0 Å². The third kappa shape index (κ3) is 2.83. The van der Waals surface area contributed by atoms with E-state index < -0.39 is 0 Å². The number of hydrogen-bond acceptors (Lipinski definition) is 4. The Morgan fingerprint density at radius 1 is 1.41 bits per heavy atom. The van der Waals surface area contributed by atoms with Crippen molar-refractivity contribution in [3.63, 3.8) is 0 Å². The standard InChI is InChI=1S/C11H13FN4S/c1-16-7-14-15-11(16)17-6-9-4-10(12)3-2-8(9)5-13/h2-4,7H,5-6,13H2,1H3. The first-order chi connectivity index (χ1) is 8.20. The SMILES string of the molecule is Cn1cnnc1SCc1cc(F)ccc1CN. The van der Waals surface area contributed by atoms with E-state index in [2.05, 4.69) is 10.2 Å². The highest BCUT2D eigenvalue weighted by molar-refractivity contribution is 7.98. The molecule has 0 saturated carbocycles. The quantitative estimate of drug-likeness (QED) is 0.842. The topological polar surface area (TPSA) is 56.7 Å². The van der Waals surface area contributed by atoms with E-state index in [-0.39, 0.29) is 5.82 Å². The Morgan fingerprint density at radius 2 is 2.24 bits per heavy atom. The number of benzene rings is 1. The average molecular weight is 252 g/mol. The summed E-state index contributed by atoms with van der Waals surface area (Å²) >= 11 is 1.51. The molecule has 17 heavy (non-hydrogen) atoms. The maximum atomic E-state index is 13.1. The van der Waals surface area contributed by atoms with E-state index in [0.717, 1.165) is 16.3 Å². The van der Waals surface area contributed by atoms with Crippen LogP contribution in [0.3, 0.4) is 0 Å². The zero-order valence-corrected chi connectivity index (χ0v) is 10.2. The molecular formula is C11H13FN4S. The van der Waals surface area contributed by atoms with Gasteiger partial charge in [0.1, 0.15) is 12.1 Å². The first kappa shape index (κ1) is 12.1. The van der Waals surface area contributed by atoms with Crippen molar-refractivity contribution < 1.29 is 4.39 Å². The predicted octanol–water partition coefficient (Wildman–Crippen LogP) is 1.71. The van der Waals surface area contributed by atoms with Crippen molar-refractivity contribution in [2.75, 3.05) is 0 Å². The lowest BCUT2D eigenvalue weighted by Crippen LogP contribution is -2.01. The Labute approximate surface area is 103 Å². The number of aromatic nitrogens is 3. The lowest BCUT2D eigenvalue weighted by Gasteiger charge is -2.07. The summed E-state index contributed by atoms with van der Waals surface area (Å²) in [6.07, 6.45) is 1.64. The van der Waals surface area contributed by atoms with Crippen molar-refractivity contribution in [2.24, 2.45) is 12.8 Å². The Balaban J connectivity index is 2.13. The molecule has 0 spiro atoms. The Bertz CT molecular complexity index is 512. The number of aryl methyl sites for hydroxylation is 1. The van der Waals surface area contributed by atoms with E-state index in [9.17, 15) is 4.39 Å². The fourth-order valence-corrected chi connectivity index (χ4v) is 2.38. The zero-order valence-electron chi connectivity index (χ0n) is 9.43. The van der Waals surface area contributed by atoms with Gasteiger partial charge in [0, 0.05) is 19.3 Å². The molecule has 90 valence electrons. The number of halogens is 1. The highest BCUT2D eigenvalue weighted by Gasteiger charge is 2.06. The van der Waals surface area contributed by atoms with Crippen LogP contribution in [-0.2, 0) is 19.3 Å². The fraction of sp³-hybridized carbons (Fsp3) is 0.273. The highest BCUT2D eigenvalue weighted by atomic mass is 32.2. The van der Waals surface area contributed by atoms with Gasteiger partial charge in [-0.25, -0.2) is 4.39 Å². The van der Waals surface area contributed by atoms with E-state index in [1.54, 1.807) is 12.4 Å². The summed E-state index contributed by atoms with van der Waals surface area (Å²) in [5.41, 5.74) is 7.48.